The van der Waals surface area contributed by atoms with E-state index in [1.54, 1.807) is 11.3 Å². The van der Waals surface area contributed by atoms with Gasteiger partial charge in [-0.25, -0.2) is 4.79 Å². The van der Waals surface area contributed by atoms with Crippen LogP contribution in [0.2, 0.25) is 0 Å². The summed E-state index contributed by atoms with van der Waals surface area (Å²) in [7, 11) is 0. The molecule has 0 unspecified atom stereocenters. The minimum absolute atomic E-state index is 0.226. The van der Waals surface area contributed by atoms with E-state index in [0.29, 0.717) is 13.1 Å². The lowest BCUT2D eigenvalue weighted by atomic mass is 10.2. The first-order valence-corrected chi connectivity index (χ1v) is 7.94. The van der Waals surface area contributed by atoms with Crippen LogP contribution in [0.5, 0.6) is 0 Å². The highest BCUT2D eigenvalue weighted by molar-refractivity contribution is 7.09. The standard InChI is InChI=1S/C14H21N3O2S/c18-13(11-17-7-3-1-2-4-8-17)16-14(19)15-10-12-6-5-9-20-12/h5-6,9H,1-4,7-8,10-11H2,(H2,15,16,18,19). The molecule has 2 rings (SSSR count). The average Bonchev–Trinajstić information content (AvgIpc) is 2.81. The quantitative estimate of drug-likeness (QED) is 0.892. The molecule has 110 valence electrons. The van der Waals surface area contributed by atoms with E-state index in [1.165, 1.54) is 12.8 Å². The minimum atomic E-state index is -0.418. The van der Waals surface area contributed by atoms with Gasteiger partial charge in [0, 0.05) is 4.88 Å². The van der Waals surface area contributed by atoms with Crippen LogP contribution >= 0.6 is 11.3 Å². The molecule has 0 radical (unpaired) electrons. The molecule has 1 aromatic rings. The van der Waals surface area contributed by atoms with Gasteiger partial charge >= 0.3 is 6.03 Å². The van der Waals surface area contributed by atoms with E-state index in [4.69, 9.17) is 0 Å². The highest BCUT2D eigenvalue weighted by Crippen LogP contribution is 2.09. The summed E-state index contributed by atoms with van der Waals surface area (Å²) in [5.41, 5.74) is 0. The van der Waals surface area contributed by atoms with Crippen LogP contribution < -0.4 is 10.6 Å². The molecule has 0 aromatic carbocycles. The SMILES string of the molecule is O=C(CN1CCCCCC1)NC(=O)NCc1cccs1. The van der Waals surface area contributed by atoms with Crippen molar-refractivity contribution in [3.8, 4) is 0 Å². The number of rotatable bonds is 4. The number of carbonyl (C=O) groups excluding carboxylic acids is 2. The van der Waals surface area contributed by atoms with E-state index in [0.717, 1.165) is 30.8 Å². The van der Waals surface area contributed by atoms with Gasteiger partial charge in [-0.05, 0) is 37.4 Å². The second kappa shape index (κ2) is 8.01. The second-order valence-corrected chi connectivity index (χ2v) is 6.03. The summed E-state index contributed by atoms with van der Waals surface area (Å²) in [5.74, 6) is -0.226. The third-order valence-corrected chi connectivity index (χ3v) is 4.20. The molecule has 0 spiro atoms. The third-order valence-electron chi connectivity index (χ3n) is 3.32. The Labute approximate surface area is 123 Å². The van der Waals surface area contributed by atoms with Crippen LogP contribution in [0, 0.1) is 0 Å². The van der Waals surface area contributed by atoms with Gasteiger partial charge in [-0.3, -0.25) is 15.0 Å². The van der Waals surface area contributed by atoms with E-state index in [-0.39, 0.29) is 5.91 Å². The van der Waals surface area contributed by atoms with Gasteiger partial charge in [0.1, 0.15) is 0 Å². The van der Waals surface area contributed by atoms with E-state index in [1.807, 2.05) is 17.5 Å². The molecule has 2 N–H and O–H groups in total. The molecule has 1 aliphatic rings. The van der Waals surface area contributed by atoms with E-state index >= 15 is 0 Å². The molecule has 0 saturated carbocycles. The number of carbonyl (C=O) groups is 2. The molecule has 1 fully saturated rings. The van der Waals surface area contributed by atoms with Crippen molar-refractivity contribution in [1.29, 1.82) is 0 Å². The van der Waals surface area contributed by atoms with Crippen LogP contribution in [-0.2, 0) is 11.3 Å². The number of urea groups is 1. The normalized spacial score (nSPS) is 16.4. The molecule has 3 amide bonds. The first-order chi connectivity index (χ1) is 9.74. The Morgan fingerprint density at radius 1 is 1.20 bits per heavy atom. The zero-order chi connectivity index (χ0) is 14.2. The Morgan fingerprint density at radius 2 is 1.95 bits per heavy atom. The number of likely N-dealkylation sites (tertiary alicyclic amines) is 1. The molecule has 5 nitrogen and oxygen atoms in total. The van der Waals surface area contributed by atoms with Crippen LogP contribution in [0.3, 0.4) is 0 Å². The lowest BCUT2D eigenvalue weighted by molar-refractivity contribution is -0.121. The Kier molecular flexibility index (Phi) is 6.01. The zero-order valence-electron chi connectivity index (χ0n) is 11.6. The first kappa shape index (κ1) is 15.0. The Balaban J connectivity index is 1.66. The summed E-state index contributed by atoms with van der Waals surface area (Å²) in [4.78, 5) is 26.6. The predicted molar refractivity (Wildman–Crippen MR) is 79.6 cm³/mol. The maximum absolute atomic E-state index is 11.8. The van der Waals surface area contributed by atoms with Crippen molar-refractivity contribution in [3.63, 3.8) is 0 Å². The fourth-order valence-corrected chi connectivity index (χ4v) is 2.93. The molecule has 20 heavy (non-hydrogen) atoms. The van der Waals surface area contributed by atoms with Crippen molar-refractivity contribution >= 4 is 23.3 Å². The Hall–Kier alpha value is -1.40. The van der Waals surface area contributed by atoms with Crippen LogP contribution in [0.15, 0.2) is 17.5 Å². The summed E-state index contributed by atoms with van der Waals surface area (Å²) >= 11 is 1.58. The van der Waals surface area contributed by atoms with Gasteiger partial charge in [0.15, 0.2) is 0 Å². The molecule has 2 heterocycles. The van der Waals surface area contributed by atoms with Crippen molar-refractivity contribution in [2.45, 2.75) is 32.2 Å². The van der Waals surface area contributed by atoms with Crippen molar-refractivity contribution < 1.29 is 9.59 Å². The third kappa shape index (κ3) is 5.30. The topological polar surface area (TPSA) is 61.4 Å². The molecule has 0 bridgehead atoms. The summed E-state index contributed by atoms with van der Waals surface area (Å²) in [6, 6.07) is 3.46. The van der Waals surface area contributed by atoms with Crippen molar-refractivity contribution in [2.75, 3.05) is 19.6 Å². The average molecular weight is 295 g/mol. The summed E-state index contributed by atoms with van der Waals surface area (Å²) in [5, 5.41) is 7.03. The smallest absolute Gasteiger partial charge is 0.321 e. The van der Waals surface area contributed by atoms with Gasteiger partial charge in [0.2, 0.25) is 5.91 Å². The Bertz CT molecular complexity index is 426. The zero-order valence-corrected chi connectivity index (χ0v) is 12.4. The van der Waals surface area contributed by atoms with Crippen LogP contribution in [0.25, 0.3) is 0 Å². The van der Waals surface area contributed by atoms with E-state index < -0.39 is 6.03 Å². The monoisotopic (exact) mass is 295 g/mol. The lowest BCUT2D eigenvalue weighted by Gasteiger charge is -2.18. The predicted octanol–water partition coefficient (Wildman–Crippen LogP) is 1.95. The first-order valence-electron chi connectivity index (χ1n) is 7.06. The number of amides is 3. The number of thiophene rings is 1. The molecule has 0 atom stereocenters. The highest BCUT2D eigenvalue weighted by atomic mass is 32.1. The van der Waals surface area contributed by atoms with Crippen molar-refractivity contribution in [2.24, 2.45) is 0 Å². The van der Waals surface area contributed by atoms with Gasteiger partial charge in [-0.1, -0.05) is 18.9 Å². The second-order valence-electron chi connectivity index (χ2n) is 5.00. The van der Waals surface area contributed by atoms with Crippen molar-refractivity contribution in [3.05, 3.63) is 22.4 Å². The molecular formula is C14H21N3O2S. The van der Waals surface area contributed by atoms with Gasteiger partial charge in [-0.15, -0.1) is 11.3 Å². The number of hydrogen-bond acceptors (Lipinski definition) is 4. The number of nitrogens with one attached hydrogen (secondary N) is 2. The van der Waals surface area contributed by atoms with Crippen LogP contribution in [0.4, 0.5) is 4.79 Å². The summed E-state index contributed by atoms with van der Waals surface area (Å²) < 4.78 is 0. The largest absolute Gasteiger partial charge is 0.333 e. The molecule has 0 aliphatic carbocycles. The van der Waals surface area contributed by atoms with Crippen LogP contribution in [0.1, 0.15) is 30.6 Å². The van der Waals surface area contributed by atoms with Gasteiger partial charge in [-0.2, -0.15) is 0 Å². The van der Waals surface area contributed by atoms with Crippen LogP contribution in [-0.4, -0.2) is 36.5 Å². The number of hydrogen-bond donors (Lipinski definition) is 2. The van der Waals surface area contributed by atoms with E-state index in [2.05, 4.69) is 15.5 Å². The summed E-state index contributed by atoms with van der Waals surface area (Å²) in [6.07, 6.45) is 4.74. The molecule has 1 saturated heterocycles. The highest BCUT2D eigenvalue weighted by Gasteiger charge is 2.14. The molecule has 1 aromatic heterocycles. The van der Waals surface area contributed by atoms with Crippen molar-refractivity contribution in [1.82, 2.24) is 15.5 Å². The van der Waals surface area contributed by atoms with Gasteiger partial charge in [0.05, 0.1) is 13.1 Å². The fraction of sp³-hybridized carbons (Fsp3) is 0.571. The Morgan fingerprint density at radius 3 is 2.60 bits per heavy atom. The molecule has 6 heteroatoms. The maximum Gasteiger partial charge on any atom is 0.321 e. The number of imide groups is 1. The fourth-order valence-electron chi connectivity index (χ4n) is 2.29. The molecule has 1 aliphatic heterocycles. The molecular weight excluding hydrogens is 274 g/mol. The lowest BCUT2D eigenvalue weighted by Crippen LogP contribution is -2.44. The maximum atomic E-state index is 11.8. The number of nitrogens with zero attached hydrogens (tertiary/aromatic N) is 1. The van der Waals surface area contributed by atoms with Gasteiger partial charge < -0.3 is 5.32 Å². The summed E-state index contributed by atoms with van der Waals surface area (Å²) in [6.45, 7) is 2.67. The minimum Gasteiger partial charge on any atom is -0.333 e. The van der Waals surface area contributed by atoms with Gasteiger partial charge in [0.25, 0.3) is 0 Å². The van der Waals surface area contributed by atoms with E-state index in [9.17, 15) is 9.59 Å².